The first kappa shape index (κ1) is 19.8. The lowest BCUT2D eigenvalue weighted by molar-refractivity contribution is -0.137. The van der Waals surface area contributed by atoms with Gasteiger partial charge in [-0.1, -0.05) is 25.1 Å². The van der Waals surface area contributed by atoms with E-state index in [0.29, 0.717) is 17.7 Å². The van der Waals surface area contributed by atoms with Crippen LogP contribution in [-0.2, 0) is 17.5 Å². The number of hydrogen-bond donors (Lipinski definition) is 2. The predicted molar refractivity (Wildman–Crippen MR) is 109 cm³/mol. The fourth-order valence-electron chi connectivity index (χ4n) is 3.27. The molecule has 1 amide bonds. The molecule has 5 nitrogen and oxygen atoms in total. The zero-order chi connectivity index (χ0) is 21.3. The maximum atomic E-state index is 12.9. The molecule has 0 saturated heterocycles. The fourth-order valence-corrected chi connectivity index (χ4v) is 3.27. The van der Waals surface area contributed by atoms with Gasteiger partial charge in [-0.05, 0) is 35.4 Å². The first-order valence-electron chi connectivity index (χ1n) is 9.43. The Morgan fingerprint density at radius 2 is 2.00 bits per heavy atom. The van der Waals surface area contributed by atoms with Gasteiger partial charge in [-0.15, -0.1) is 0 Å². The number of H-pyrrole nitrogens is 1. The van der Waals surface area contributed by atoms with Crippen molar-refractivity contribution in [1.29, 1.82) is 0 Å². The molecule has 8 heteroatoms. The van der Waals surface area contributed by atoms with Gasteiger partial charge in [-0.25, -0.2) is 0 Å². The molecule has 0 bridgehead atoms. The molecule has 0 fully saturated rings. The maximum absolute atomic E-state index is 12.9. The molecule has 30 heavy (non-hydrogen) atoms. The molecule has 4 aromatic rings. The number of hydrogen-bond acceptors (Lipinski definition) is 2. The van der Waals surface area contributed by atoms with Gasteiger partial charge in [-0.2, -0.15) is 18.3 Å². The predicted octanol–water partition coefficient (Wildman–Crippen LogP) is 5.45. The van der Waals surface area contributed by atoms with E-state index in [0.717, 1.165) is 34.2 Å². The van der Waals surface area contributed by atoms with Crippen molar-refractivity contribution >= 4 is 22.5 Å². The average molecular weight is 412 g/mol. The van der Waals surface area contributed by atoms with Crippen molar-refractivity contribution in [2.75, 3.05) is 5.32 Å². The zero-order valence-electron chi connectivity index (χ0n) is 16.1. The number of aromatic amines is 1. The summed E-state index contributed by atoms with van der Waals surface area (Å²) in [5, 5.41) is 8.03. The summed E-state index contributed by atoms with van der Waals surface area (Å²) in [5.74, 6) is -0.0739. The van der Waals surface area contributed by atoms with E-state index in [2.05, 4.69) is 15.4 Å². The summed E-state index contributed by atoms with van der Waals surface area (Å²) in [6, 6.07) is 11.0. The number of fused-ring (bicyclic) bond motifs is 1. The van der Waals surface area contributed by atoms with E-state index < -0.39 is 11.7 Å². The second kappa shape index (κ2) is 7.70. The summed E-state index contributed by atoms with van der Waals surface area (Å²) in [6.07, 6.45) is 1.22. The van der Waals surface area contributed by atoms with E-state index >= 15 is 0 Å². The molecular weight excluding hydrogens is 393 g/mol. The van der Waals surface area contributed by atoms with E-state index in [9.17, 15) is 18.0 Å². The average Bonchev–Trinajstić information content (AvgIpc) is 3.34. The fraction of sp³-hybridized carbons (Fsp3) is 0.182. The van der Waals surface area contributed by atoms with Crippen LogP contribution >= 0.6 is 0 Å². The summed E-state index contributed by atoms with van der Waals surface area (Å²) in [7, 11) is 0. The SMILES string of the molecule is CCC(=O)Nc1c[nH]c2ccc(-c3cnn(Cc4cccc(C(F)(F)F)c4)c3)cc12. The summed E-state index contributed by atoms with van der Waals surface area (Å²) in [6.45, 7) is 2.02. The third-order valence-electron chi connectivity index (χ3n) is 4.84. The molecule has 0 radical (unpaired) electrons. The number of carbonyl (C=O) groups excluding carboxylic acids is 1. The lowest BCUT2D eigenvalue weighted by Crippen LogP contribution is -2.08. The van der Waals surface area contributed by atoms with E-state index in [4.69, 9.17) is 0 Å². The third kappa shape index (κ3) is 4.07. The second-order valence-electron chi connectivity index (χ2n) is 6.99. The molecule has 0 unspecified atom stereocenters. The number of alkyl halides is 3. The number of benzene rings is 2. The Hall–Kier alpha value is -3.55. The molecule has 0 aliphatic heterocycles. The second-order valence-corrected chi connectivity index (χ2v) is 6.99. The smallest absolute Gasteiger partial charge is 0.359 e. The summed E-state index contributed by atoms with van der Waals surface area (Å²) in [5.41, 5.74) is 3.16. The lowest BCUT2D eigenvalue weighted by Gasteiger charge is -2.08. The first-order valence-corrected chi connectivity index (χ1v) is 9.43. The molecule has 2 N–H and O–H groups in total. The molecule has 2 aromatic heterocycles. The van der Waals surface area contributed by atoms with Crippen LogP contribution in [0.15, 0.2) is 61.1 Å². The third-order valence-corrected chi connectivity index (χ3v) is 4.84. The van der Waals surface area contributed by atoms with Gasteiger partial charge in [0.25, 0.3) is 0 Å². The largest absolute Gasteiger partial charge is 0.416 e. The Labute approximate surface area is 170 Å². The van der Waals surface area contributed by atoms with Gasteiger partial charge >= 0.3 is 6.18 Å². The van der Waals surface area contributed by atoms with Gasteiger partial charge in [0.1, 0.15) is 0 Å². The standard InChI is InChI=1S/C22H19F3N4O/c1-2-21(30)28-20-11-26-19-7-6-15(9-18(19)20)16-10-27-29(13-16)12-14-4-3-5-17(8-14)22(23,24)25/h3-11,13,26H,2,12H2,1H3,(H,28,30). The van der Waals surface area contributed by atoms with Crippen molar-refractivity contribution in [3.63, 3.8) is 0 Å². The molecule has 0 saturated carbocycles. The van der Waals surface area contributed by atoms with Crippen LogP contribution in [0.5, 0.6) is 0 Å². The van der Waals surface area contributed by atoms with E-state index in [1.807, 2.05) is 18.2 Å². The van der Waals surface area contributed by atoms with Crippen LogP contribution in [0, 0.1) is 0 Å². The van der Waals surface area contributed by atoms with Crippen LogP contribution in [0.1, 0.15) is 24.5 Å². The summed E-state index contributed by atoms with van der Waals surface area (Å²) >= 11 is 0. The number of anilines is 1. The van der Waals surface area contributed by atoms with E-state index in [-0.39, 0.29) is 12.5 Å². The summed E-state index contributed by atoms with van der Waals surface area (Å²) < 4.78 is 40.4. The van der Waals surface area contributed by atoms with Crippen molar-refractivity contribution in [2.45, 2.75) is 26.1 Å². The van der Waals surface area contributed by atoms with Crippen LogP contribution < -0.4 is 5.32 Å². The lowest BCUT2D eigenvalue weighted by atomic mass is 10.1. The van der Waals surface area contributed by atoms with Crippen molar-refractivity contribution < 1.29 is 18.0 Å². The highest BCUT2D eigenvalue weighted by atomic mass is 19.4. The highest BCUT2D eigenvalue weighted by molar-refractivity contribution is 6.02. The van der Waals surface area contributed by atoms with Gasteiger partial charge in [0.2, 0.25) is 5.91 Å². The Morgan fingerprint density at radius 3 is 2.77 bits per heavy atom. The zero-order valence-corrected chi connectivity index (χ0v) is 16.1. The molecular formula is C22H19F3N4O. The van der Waals surface area contributed by atoms with Gasteiger partial charge in [0.05, 0.1) is 24.0 Å². The highest BCUT2D eigenvalue weighted by Crippen LogP contribution is 2.31. The quantitative estimate of drug-likeness (QED) is 0.458. The molecule has 2 aromatic carbocycles. The normalized spacial score (nSPS) is 11.7. The van der Waals surface area contributed by atoms with Crippen LogP contribution in [0.3, 0.4) is 0 Å². The number of aromatic nitrogens is 3. The monoisotopic (exact) mass is 412 g/mol. The van der Waals surface area contributed by atoms with Crippen molar-refractivity contribution in [1.82, 2.24) is 14.8 Å². The minimum atomic E-state index is -4.37. The Morgan fingerprint density at radius 1 is 1.17 bits per heavy atom. The molecule has 0 spiro atoms. The summed E-state index contributed by atoms with van der Waals surface area (Å²) in [4.78, 5) is 14.9. The number of nitrogens with one attached hydrogen (secondary N) is 2. The highest BCUT2D eigenvalue weighted by Gasteiger charge is 2.30. The number of nitrogens with zero attached hydrogens (tertiary/aromatic N) is 2. The number of amides is 1. The van der Waals surface area contributed by atoms with Crippen molar-refractivity contribution in [3.8, 4) is 11.1 Å². The molecule has 154 valence electrons. The molecule has 4 rings (SSSR count). The molecule has 0 aliphatic carbocycles. The number of halogens is 3. The Bertz CT molecular complexity index is 1210. The van der Waals surface area contributed by atoms with Gasteiger partial charge in [0, 0.05) is 35.3 Å². The van der Waals surface area contributed by atoms with Crippen molar-refractivity contribution in [3.05, 3.63) is 72.2 Å². The molecule has 2 heterocycles. The molecule has 0 atom stereocenters. The van der Waals surface area contributed by atoms with Crippen LogP contribution in [0.2, 0.25) is 0 Å². The van der Waals surface area contributed by atoms with E-state index in [1.165, 1.54) is 6.07 Å². The van der Waals surface area contributed by atoms with Crippen LogP contribution in [0.25, 0.3) is 22.0 Å². The Kier molecular flexibility index (Phi) is 5.07. The minimum Gasteiger partial charge on any atom is -0.359 e. The van der Waals surface area contributed by atoms with Gasteiger partial charge in [0.15, 0.2) is 0 Å². The number of carbonyl (C=O) groups is 1. The number of rotatable bonds is 5. The van der Waals surface area contributed by atoms with E-state index in [1.54, 1.807) is 36.3 Å². The first-order chi connectivity index (χ1) is 14.3. The van der Waals surface area contributed by atoms with Gasteiger partial charge < -0.3 is 10.3 Å². The minimum absolute atomic E-state index is 0.0739. The van der Waals surface area contributed by atoms with Gasteiger partial charge in [-0.3, -0.25) is 9.48 Å². The van der Waals surface area contributed by atoms with Crippen LogP contribution in [-0.4, -0.2) is 20.7 Å². The Balaban J connectivity index is 1.59. The van der Waals surface area contributed by atoms with Crippen molar-refractivity contribution in [2.24, 2.45) is 0 Å². The molecule has 0 aliphatic rings. The maximum Gasteiger partial charge on any atom is 0.416 e. The van der Waals surface area contributed by atoms with Crippen LogP contribution in [0.4, 0.5) is 18.9 Å². The topological polar surface area (TPSA) is 62.7 Å².